The van der Waals surface area contributed by atoms with Crippen LogP contribution in [0, 0.1) is 17.8 Å². The highest BCUT2D eigenvalue weighted by Crippen LogP contribution is 2.67. The van der Waals surface area contributed by atoms with Gasteiger partial charge >= 0.3 is 5.97 Å². The minimum atomic E-state index is -0.737. The van der Waals surface area contributed by atoms with Gasteiger partial charge in [0.2, 0.25) is 11.8 Å². The molecule has 4 aliphatic heterocycles. The first-order valence-electron chi connectivity index (χ1n) is 14.9. The Morgan fingerprint density at radius 1 is 1.27 bits per heavy atom. The van der Waals surface area contributed by atoms with E-state index in [4.69, 9.17) is 9.47 Å². The molecule has 10 heteroatoms. The van der Waals surface area contributed by atoms with Crippen LogP contribution in [-0.4, -0.2) is 119 Å². The summed E-state index contributed by atoms with van der Waals surface area (Å²) in [5.74, 6) is -1.61. The van der Waals surface area contributed by atoms with Crippen molar-refractivity contribution in [1.82, 2.24) is 14.7 Å². The zero-order valence-corrected chi connectivity index (χ0v) is 25.0. The molecule has 1 spiro atoms. The SMILES string of the molecule is C=CCCCOC(=O)[C@@H]1[C@H]2C(=O)N([C@@H](CO)CC(C)C)C(C(=O)N(CC=C)CCN3CCOCC3)C23CC[C@H]1S3. The van der Waals surface area contributed by atoms with Gasteiger partial charge in [0.15, 0.2) is 0 Å². The average molecular weight is 578 g/mol. The predicted octanol–water partition coefficient (Wildman–Crippen LogP) is 2.34. The van der Waals surface area contributed by atoms with Gasteiger partial charge in [-0.05, 0) is 38.0 Å². The number of allylic oxidation sites excluding steroid dienone is 1. The van der Waals surface area contributed by atoms with Crippen molar-refractivity contribution in [3.63, 3.8) is 0 Å². The maximum Gasteiger partial charge on any atom is 0.310 e. The summed E-state index contributed by atoms with van der Waals surface area (Å²) in [7, 11) is 0. The van der Waals surface area contributed by atoms with Crippen molar-refractivity contribution in [1.29, 1.82) is 0 Å². The number of aliphatic hydroxyl groups is 1. The van der Waals surface area contributed by atoms with Crippen LogP contribution in [0.2, 0.25) is 0 Å². The summed E-state index contributed by atoms with van der Waals surface area (Å²) >= 11 is 1.64. The normalized spacial score (nSPS) is 30.4. The second-order valence-corrected chi connectivity index (χ2v) is 13.5. The molecule has 0 aromatic rings. The molecule has 0 saturated carbocycles. The lowest BCUT2D eigenvalue weighted by molar-refractivity contribution is -0.154. The summed E-state index contributed by atoms with van der Waals surface area (Å²) in [6.45, 7) is 16.4. The third kappa shape index (κ3) is 6.15. The predicted molar refractivity (Wildman–Crippen MR) is 156 cm³/mol. The number of fused-ring (bicyclic) bond motifs is 1. The molecule has 0 aromatic carbocycles. The Hall–Kier alpha value is -1.88. The summed E-state index contributed by atoms with van der Waals surface area (Å²) in [6, 6.07) is -1.23. The van der Waals surface area contributed by atoms with Gasteiger partial charge in [-0.25, -0.2) is 0 Å². The number of esters is 1. The highest BCUT2D eigenvalue weighted by molar-refractivity contribution is 8.02. The molecule has 6 atom stereocenters. The number of thioether (sulfide) groups is 1. The maximum atomic E-state index is 14.5. The van der Waals surface area contributed by atoms with Crippen LogP contribution in [-0.2, 0) is 23.9 Å². The number of amides is 2. The van der Waals surface area contributed by atoms with Crippen LogP contribution in [0.5, 0.6) is 0 Å². The zero-order chi connectivity index (χ0) is 28.9. The number of unbranched alkanes of at least 4 members (excludes halogenated alkanes) is 1. The molecule has 2 amide bonds. The van der Waals surface area contributed by atoms with E-state index in [1.165, 1.54) is 0 Å². The topological polar surface area (TPSA) is 99.6 Å². The fourth-order valence-electron chi connectivity index (χ4n) is 7.06. The minimum Gasteiger partial charge on any atom is -0.465 e. The first-order valence-corrected chi connectivity index (χ1v) is 15.7. The van der Waals surface area contributed by atoms with E-state index in [1.807, 2.05) is 4.90 Å². The first kappa shape index (κ1) is 31.1. The van der Waals surface area contributed by atoms with E-state index in [-0.39, 0.29) is 35.6 Å². The Kier molecular flexibility index (Phi) is 10.8. The van der Waals surface area contributed by atoms with Crippen molar-refractivity contribution in [2.45, 2.75) is 68.0 Å². The van der Waals surface area contributed by atoms with Crippen molar-refractivity contribution in [3.8, 4) is 0 Å². The standard InChI is InChI=1S/C30H47N3O6S/c1-5-7-8-16-39-29(37)24-23-9-10-30(40-23)25(24)27(35)33(22(20-34)19-21(3)4)26(30)28(36)32(11-6-2)13-12-31-14-17-38-18-15-31/h5-6,21-26,34H,1-2,7-20H2,3-4H3/t22-,23-,24+,25+,26?,30?/m1/s1. The van der Waals surface area contributed by atoms with E-state index in [0.29, 0.717) is 58.7 Å². The maximum absolute atomic E-state index is 14.5. The lowest BCUT2D eigenvalue weighted by atomic mass is 9.71. The molecule has 0 radical (unpaired) electrons. The van der Waals surface area contributed by atoms with Crippen molar-refractivity contribution < 1.29 is 29.0 Å². The smallest absolute Gasteiger partial charge is 0.310 e. The summed E-state index contributed by atoms with van der Waals surface area (Å²) in [6.07, 6.45) is 7.01. The second-order valence-electron chi connectivity index (χ2n) is 11.9. The van der Waals surface area contributed by atoms with Crippen molar-refractivity contribution in [2.24, 2.45) is 17.8 Å². The van der Waals surface area contributed by atoms with Crippen LogP contribution in [0.25, 0.3) is 0 Å². The molecule has 2 unspecified atom stereocenters. The molecular formula is C30H47N3O6S. The van der Waals surface area contributed by atoms with E-state index in [0.717, 1.165) is 25.9 Å². The van der Waals surface area contributed by atoms with Gasteiger partial charge in [-0.3, -0.25) is 19.3 Å². The Balaban J connectivity index is 1.64. The van der Waals surface area contributed by atoms with Gasteiger partial charge in [0.1, 0.15) is 6.04 Å². The van der Waals surface area contributed by atoms with Gasteiger partial charge in [0.05, 0.1) is 49.1 Å². The number of aliphatic hydroxyl groups excluding tert-OH is 1. The molecule has 4 saturated heterocycles. The van der Waals surface area contributed by atoms with Gasteiger partial charge in [0, 0.05) is 38.0 Å². The summed E-state index contributed by atoms with van der Waals surface area (Å²) in [4.78, 5) is 48.0. The molecule has 4 heterocycles. The fourth-order valence-corrected chi connectivity index (χ4v) is 9.24. The van der Waals surface area contributed by atoms with Crippen LogP contribution in [0.15, 0.2) is 25.3 Å². The van der Waals surface area contributed by atoms with E-state index < -0.39 is 28.7 Å². The van der Waals surface area contributed by atoms with E-state index >= 15 is 0 Å². The van der Waals surface area contributed by atoms with E-state index in [9.17, 15) is 19.5 Å². The Morgan fingerprint density at radius 3 is 2.67 bits per heavy atom. The van der Waals surface area contributed by atoms with Crippen molar-refractivity contribution >= 4 is 29.5 Å². The minimum absolute atomic E-state index is 0.0443. The van der Waals surface area contributed by atoms with Crippen molar-refractivity contribution in [2.75, 3.05) is 59.2 Å². The molecule has 4 fully saturated rings. The second kappa shape index (κ2) is 13.9. The monoisotopic (exact) mass is 577 g/mol. The molecule has 4 rings (SSSR count). The molecule has 40 heavy (non-hydrogen) atoms. The number of nitrogens with zero attached hydrogens (tertiary/aromatic N) is 3. The lowest BCUT2D eigenvalue weighted by Crippen LogP contribution is -2.58. The Morgan fingerprint density at radius 2 is 2.02 bits per heavy atom. The van der Waals surface area contributed by atoms with Crippen LogP contribution in [0.4, 0.5) is 0 Å². The van der Waals surface area contributed by atoms with Gasteiger partial charge in [-0.1, -0.05) is 26.0 Å². The molecule has 9 nitrogen and oxygen atoms in total. The molecule has 1 N–H and O–H groups in total. The number of carbonyl (C=O) groups is 3. The van der Waals surface area contributed by atoms with Crippen molar-refractivity contribution in [3.05, 3.63) is 25.3 Å². The summed E-state index contributed by atoms with van der Waals surface area (Å²) in [5.41, 5.74) is 0. The summed E-state index contributed by atoms with van der Waals surface area (Å²) < 4.78 is 10.4. The number of ether oxygens (including phenoxy) is 2. The highest BCUT2D eigenvalue weighted by Gasteiger charge is 2.74. The van der Waals surface area contributed by atoms with Crippen LogP contribution in [0.3, 0.4) is 0 Å². The number of hydrogen-bond donors (Lipinski definition) is 1. The lowest BCUT2D eigenvalue weighted by Gasteiger charge is -2.40. The Labute approximate surface area is 243 Å². The first-order chi connectivity index (χ1) is 19.3. The zero-order valence-electron chi connectivity index (χ0n) is 24.2. The fraction of sp³-hybridized carbons (Fsp3) is 0.767. The highest BCUT2D eigenvalue weighted by atomic mass is 32.2. The van der Waals surface area contributed by atoms with Crippen LogP contribution < -0.4 is 0 Å². The van der Waals surface area contributed by atoms with E-state index in [1.54, 1.807) is 28.8 Å². The largest absolute Gasteiger partial charge is 0.465 e. The Bertz CT molecular complexity index is 940. The molecule has 4 aliphatic rings. The number of hydrogen-bond acceptors (Lipinski definition) is 8. The van der Waals surface area contributed by atoms with Crippen LogP contribution >= 0.6 is 11.8 Å². The third-order valence-electron chi connectivity index (χ3n) is 8.84. The number of rotatable bonds is 15. The van der Waals surface area contributed by atoms with Gasteiger partial charge in [-0.15, -0.1) is 24.9 Å². The van der Waals surface area contributed by atoms with Crippen LogP contribution in [0.1, 0.15) is 46.0 Å². The summed E-state index contributed by atoms with van der Waals surface area (Å²) in [5, 5.41) is 10.4. The third-order valence-corrected chi connectivity index (χ3v) is 10.8. The number of carbonyl (C=O) groups excluding carboxylic acids is 3. The molecule has 224 valence electrons. The quantitative estimate of drug-likeness (QED) is 0.180. The van der Waals surface area contributed by atoms with Gasteiger partial charge in [0.25, 0.3) is 0 Å². The molecule has 0 aliphatic carbocycles. The number of likely N-dealkylation sites (tertiary alicyclic amines) is 1. The average Bonchev–Trinajstić information content (AvgIpc) is 3.59. The van der Waals surface area contributed by atoms with E-state index in [2.05, 4.69) is 31.9 Å². The van der Waals surface area contributed by atoms with Gasteiger partial charge < -0.3 is 24.4 Å². The van der Waals surface area contributed by atoms with Gasteiger partial charge in [-0.2, -0.15) is 0 Å². The number of morpholine rings is 1. The molecule has 0 aromatic heterocycles. The molecule has 2 bridgehead atoms. The molecular weight excluding hydrogens is 530 g/mol.